The first kappa shape index (κ1) is 9.49. The summed E-state index contributed by atoms with van der Waals surface area (Å²) in [6, 6.07) is 3.47. The zero-order valence-corrected chi connectivity index (χ0v) is 8.59. The molecular formula is C9H6Cl2N2O. The third kappa shape index (κ3) is 1.89. The second-order valence-electron chi connectivity index (χ2n) is 2.63. The summed E-state index contributed by atoms with van der Waals surface area (Å²) in [5, 5.41) is 0.581. The highest BCUT2D eigenvalue weighted by Gasteiger charge is 2.06. The van der Waals surface area contributed by atoms with Crippen LogP contribution in [0.4, 0.5) is 0 Å². The molecule has 0 saturated carbocycles. The Morgan fingerprint density at radius 1 is 1.21 bits per heavy atom. The maximum absolute atomic E-state index is 5.70. The van der Waals surface area contributed by atoms with Crippen molar-refractivity contribution in [2.45, 2.75) is 5.88 Å². The normalized spacial score (nSPS) is 10.4. The molecule has 72 valence electrons. The maximum Gasteiger partial charge on any atom is 0.245 e. The van der Waals surface area contributed by atoms with E-state index < -0.39 is 0 Å². The molecule has 0 spiro atoms. The van der Waals surface area contributed by atoms with E-state index >= 15 is 0 Å². The van der Waals surface area contributed by atoms with Gasteiger partial charge in [0.05, 0.1) is 17.1 Å². The summed E-state index contributed by atoms with van der Waals surface area (Å²) in [4.78, 5) is 8.10. The number of hydrogen-bond donors (Lipinski definition) is 0. The predicted octanol–water partition coefficient (Wildman–Crippen LogP) is 3.13. The number of aromatic nitrogens is 2. The number of oxazole rings is 1. The maximum atomic E-state index is 5.70. The lowest BCUT2D eigenvalue weighted by molar-refractivity contribution is 0.535. The van der Waals surface area contributed by atoms with Gasteiger partial charge >= 0.3 is 0 Å². The fourth-order valence-electron chi connectivity index (χ4n) is 0.990. The van der Waals surface area contributed by atoms with Crippen LogP contribution < -0.4 is 0 Å². The minimum atomic E-state index is 0.306. The Balaban J connectivity index is 2.34. The average Bonchev–Trinajstić information content (AvgIpc) is 2.67. The first-order chi connectivity index (χ1) is 6.79. The molecule has 0 aliphatic heterocycles. The van der Waals surface area contributed by atoms with Crippen molar-refractivity contribution in [2.75, 3.05) is 0 Å². The van der Waals surface area contributed by atoms with Crippen LogP contribution in [0.3, 0.4) is 0 Å². The van der Waals surface area contributed by atoms with Crippen molar-refractivity contribution in [1.29, 1.82) is 0 Å². The monoisotopic (exact) mass is 228 g/mol. The summed E-state index contributed by atoms with van der Waals surface area (Å²) in [5.74, 6) is 1.39. The lowest BCUT2D eigenvalue weighted by Crippen LogP contribution is -1.81. The molecule has 0 saturated heterocycles. The third-order valence-electron chi connectivity index (χ3n) is 1.63. The molecule has 0 fully saturated rings. The summed E-state index contributed by atoms with van der Waals surface area (Å²) in [5.41, 5.74) is 0.644. The van der Waals surface area contributed by atoms with Crippen LogP contribution in [0.25, 0.3) is 11.6 Å². The Hall–Kier alpha value is -1.06. The van der Waals surface area contributed by atoms with Gasteiger partial charge in [-0.05, 0) is 12.1 Å². The molecule has 14 heavy (non-hydrogen) atoms. The van der Waals surface area contributed by atoms with E-state index in [1.54, 1.807) is 24.5 Å². The van der Waals surface area contributed by atoms with Gasteiger partial charge in [-0.2, -0.15) is 0 Å². The minimum absolute atomic E-state index is 0.306. The summed E-state index contributed by atoms with van der Waals surface area (Å²) < 4.78 is 5.31. The van der Waals surface area contributed by atoms with Gasteiger partial charge in [0.1, 0.15) is 11.5 Å². The summed E-state index contributed by atoms with van der Waals surface area (Å²) >= 11 is 11.3. The van der Waals surface area contributed by atoms with Crippen LogP contribution in [0.5, 0.6) is 0 Å². The molecule has 0 aliphatic carbocycles. The van der Waals surface area contributed by atoms with Crippen LogP contribution >= 0.6 is 23.2 Å². The minimum Gasteiger partial charge on any atom is -0.439 e. The van der Waals surface area contributed by atoms with Crippen molar-refractivity contribution in [2.24, 2.45) is 0 Å². The molecule has 0 aromatic carbocycles. The number of alkyl halides is 1. The van der Waals surface area contributed by atoms with E-state index in [9.17, 15) is 0 Å². The van der Waals surface area contributed by atoms with Gasteiger partial charge < -0.3 is 4.42 Å². The molecule has 0 N–H and O–H groups in total. The molecular weight excluding hydrogens is 223 g/mol. The fourth-order valence-corrected chi connectivity index (χ4v) is 1.23. The highest BCUT2D eigenvalue weighted by molar-refractivity contribution is 6.30. The molecule has 0 aliphatic rings. The molecule has 0 bridgehead atoms. The molecule has 2 rings (SSSR count). The Morgan fingerprint density at radius 2 is 2.07 bits per heavy atom. The van der Waals surface area contributed by atoms with E-state index in [1.807, 2.05) is 0 Å². The topological polar surface area (TPSA) is 38.9 Å². The summed E-state index contributed by atoms with van der Waals surface area (Å²) in [7, 11) is 0. The van der Waals surface area contributed by atoms with Gasteiger partial charge in [-0.25, -0.2) is 9.97 Å². The lowest BCUT2D eigenvalue weighted by Gasteiger charge is -1.93. The Bertz CT molecular complexity index is 425. The number of rotatable bonds is 2. The molecule has 3 nitrogen and oxygen atoms in total. The zero-order chi connectivity index (χ0) is 9.97. The molecule has 0 atom stereocenters. The van der Waals surface area contributed by atoms with Crippen molar-refractivity contribution in [3.05, 3.63) is 35.3 Å². The lowest BCUT2D eigenvalue weighted by atomic mass is 10.3. The Kier molecular flexibility index (Phi) is 2.70. The van der Waals surface area contributed by atoms with Crippen LogP contribution in [0.15, 0.2) is 28.9 Å². The van der Waals surface area contributed by atoms with Gasteiger partial charge in [-0.15, -0.1) is 11.6 Å². The van der Waals surface area contributed by atoms with E-state index in [-0.39, 0.29) is 0 Å². The third-order valence-corrected chi connectivity index (χ3v) is 2.12. The van der Waals surface area contributed by atoms with E-state index in [2.05, 4.69) is 9.97 Å². The fraction of sp³-hybridized carbons (Fsp3) is 0.111. The predicted molar refractivity (Wildman–Crippen MR) is 54.3 cm³/mol. The van der Waals surface area contributed by atoms with Crippen molar-refractivity contribution < 1.29 is 4.42 Å². The van der Waals surface area contributed by atoms with Crippen molar-refractivity contribution in [3.63, 3.8) is 0 Å². The van der Waals surface area contributed by atoms with E-state index in [0.29, 0.717) is 28.2 Å². The molecule has 2 aromatic rings. The van der Waals surface area contributed by atoms with Gasteiger partial charge in [0.2, 0.25) is 5.89 Å². The van der Waals surface area contributed by atoms with Crippen LogP contribution in [0.1, 0.15) is 5.76 Å². The number of halogens is 2. The number of pyridine rings is 1. The van der Waals surface area contributed by atoms with Crippen molar-refractivity contribution in [1.82, 2.24) is 9.97 Å². The van der Waals surface area contributed by atoms with Gasteiger partial charge in [0.25, 0.3) is 0 Å². The summed E-state index contributed by atoms with van der Waals surface area (Å²) in [6.07, 6.45) is 3.13. The quantitative estimate of drug-likeness (QED) is 0.742. The van der Waals surface area contributed by atoms with Crippen LogP contribution in [-0.2, 0) is 5.88 Å². The van der Waals surface area contributed by atoms with Gasteiger partial charge in [0, 0.05) is 6.20 Å². The second kappa shape index (κ2) is 3.98. The van der Waals surface area contributed by atoms with Crippen LogP contribution in [-0.4, -0.2) is 9.97 Å². The standard InChI is InChI=1S/C9H6Cl2N2O/c10-3-7-5-13-9(14-7)8-2-1-6(11)4-12-8/h1-2,4-5H,3H2. The van der Waals surface area contributed by atoms with Crippen molar-refractivity contribution >= 4 is 23.2 Å². The molecule has 0 amide bonds. The van der Waals surface area contributed by atoms with E-state index in [1.165, 1.54) is 0 Å². The number of nitrogens with zero attached hydrogens (tertiary/aromatic N) is 2. The Morgan fingerprint density at radius 3 is 2.64 bits per heavy atom. The number of hydrogen-bond acceptors (Lipinski definition) is 3. The highest BCUT2D eigenvalue weighted by atomic mass is 35.5. The van der Waals surface area contributed by atoms with E-state index in [4.69, 9.17) is 27.6 Å². The molecule has 0 unspecified atom stereocenters. The van der Waals surface area contributed by atoms with E-state index in [0.717, 1.165) is 0 Å². The molecule has 5 heteroatoms. The van der Waals surface area contributed by atoms with Crippen LogP contribution in [0.2, 0.25) is 5.02 Å². The van der Waals surface area contributed by atoms with Crippen molar-refractivity contribution in [3.8, 4) is 11.6 Å². The Labute approximate surface area is 90.7 Å². The highest BCUT2D eigenvalue weighted by Crippen LogP contribution is 2.18. The first-order valence-electron chi connectivity index (χ1n) is 3.92. The van der Waals surface area contributed by atoms with Crippen LogP contribution in [0, 0.1) is 0 Å². The SMILES string of the molecule is ClCc1cnc(-c2ccc(Cl)cn2)o1. The smallest absolute Gasteiger partial charge is 0.245 e. The average molecular weight is 229 g/mol. The zero-order valence-electron chi connectivity index (χ0n) is 7.08. The van der Waals surface area contributed by atoms with Gasteiger partial charge in [-0.1, -0.05) is 11.6 Å². The van der Waals surface area contributed by atoms with Gasteiger partial charge in [0.15, 0.2) is 0 Å². The second-order valence-corrected chi connectivity index (χ2v) is 3.33. The molecule has 2 aromatic heterocycles. The van der Waals surface area contributed by atoms with Gasteiger partial charge in [-0.3, -0.25) is 0 Å². The largest absolute Gasteiger partial charge is 0.439 e. The molecule has 2 heterocycles. The summed E-state index contributed by atoms with van der Waals surface area (Å²) in [6.45, 7) is 0. The first-order valence-corrected chi connectivity index (χ1v) is 4.83. The molecule has 0 radical (unpaired) electrons.